The molecule has 1 unspecified atom stereocenters. The van der Waals surface area contributed by atoms with Crippen LogP contribution in [0.1, 0.15) is 18.9 Å². The van der Waals surface area contributed by atoms with Gasteiger partial charge in [-0.15, -0.1) is 0 Å². The van der Waals surface area contributed by atoms with Crippen molar-refractivity contribution in [2.75, 3.05) is 0 Å². The number of hydrogen-bond donors (Lipinski definition) is 2. The molecule has 0 bridgehead atoms. The molecule has 2 aromatic rings. The van der Waals surface area contributed by atoms with E-state index in [-0.39, 0.29) is 6.04 Å². The van der Waals surface area contributed by atoms with Crippen LogP contribution in [-0.4, -0.2) is 17.1 Å². The zero-order chi connectivity index (χ0) is 15.2. The summed E-state index contributed by atoms with van der Waals surface area (Å²) in [7, 11) is 0. The van der Waals surface area contributed by atoms with Crippen LogP contribution in [-0.2, 0) is 11.2 Å². The van der Waals surface area contributed by atoms with E-state index in [2.05, 4.69) is 36.4 Å². The molecule has 2 rings (SSSR count). The minimum absolute atomic E-state index is 0.126. The van der Waals surface area contributed by atoms with Crippen LogP contribution in [0.2, 0.25) is 0 Å². The molecule has 3 N–H and O–H groups in total. The molecule has 0 aliphatic rings. The highest BCUT2D eigenvalue weighted by molar-refractivity contribution is 5.69. The first-order valence-corrected chi connectivity index (χ1v) is 7.19. The van der Waals surface area contributed by atoms with E-state index in [0.29, 0.717) is 12.8 Å². The van der Waals surface area contributed by atoms with Crippen molar-refractivity contribution in [3.8, 4) is 11.1 Å². The van der Waals surface area contributed by atoms with Gasteiger partial charge in [-0.05, 0) is 29.5 Å². The summed E-state index contributed by atoms with van der Waals surface area (Å²) in [4.78, 5) is 10.8. The molecule has 2 atom stereocenters. The Bertz CT molecular complexity index is 578. The highest BCUT2D eigenvalue weighted by Gasteiger charge is 2.15. The number of nitrogens with two attached hydrogens (primary N) is 1. The molecule has 21 heavy (non-hydrogen) atoms. The van der Waals surface area contributed by atoms with Gasteiger partial charge in [0.15, 0.2) is 0 Å². The molecule has 0 aliphatic carbocycles. The van der Waals surface area contributed by atoms with Crippen LogP contribution < -0.4 is 5.73 Å². The molecular formula is C18H21NO2. The standard InChI is InChI=1S/C18H21NO2/c1-13(18(20)21)11-17(19)12-14-7-9-16(10-8-14)15-5-3-2-4-6-15/h2-10,13,17H,11-12,19H2,1H3,(H,20,21)/t13-,17?/m1/s1. The van der Waals surface area contributed by atoms with Crippen molar-refractivity contribution >= 4 is 5.97 Å². The maximum absolute atomic E-state index is 10.8. The monoisotopic (exact) mass is 283 g/mol. The van der Waals surface area contributed by atoms with Crippen molar-refractivity contribution in [3.63, 3.8) is 0 Å². The Hall–Kier alpha value is -2.13. The summed E-state index contributed by atoms with van der Waals surface area (Å²) < 4.78 is 0. The van der Waals surface area contributed by atoms with Gasteiger partial charge < -0.3 is 10.8 Å². The smallest absolute Gasteiger partial charge is 0.306 e. The number of carbonyl (C=O) groups is 1. The number of benzene rings is 2. The summed E-state index contributed by atoms with van der Waals surface area (Å²) in [5.74, 6) is -1.19. The van der Waals surface area contributed by atoms with Crippen LogP contribution in [0.3, 0.4) is 0 Å². The van der Waals surface area contributed by atoms with Crippen LogP contribution in [0.25, 0.3) is 11.1 Å². The second kappa shape index (κ2) is 7.04. The van der Waals surface area contributed by atoms with Gasteiger partial charge in [-0.2, -0.15) is 0 Å². The molecule has 0 radical (unpaired) electrons. The Morgan fingerprint density at radius 2 is 1.62 bits per heavy atom. The van der Waals surface area contributed by atoms with Crippen molar-refractivity contribution < 1.29 is 9.90 Å². The fraction of sp³-hybridized carbons (Fsp3) is 0.278. The normalized spacial score (nSPS) is 13.6. The molecule has 110 valence electrons. The van der Waals surface area contributed by atoms with Crippen molar-refractivity contribution in [1.29, 1.82) is 0 Å². The molecule has 0 aliphatic heterocycles. The molecular weight excluding hydrogens is 262 g/mol. The highest BCUT2D eigenvalue weighted by Crippen LogP contribution is 2.20. The van der Waals surface area contributed by atoms with Crippen LogP contribution >= 0.6 is 0 Å². The summed E-state index contributed by atoms with van der Waals surface area (Å²) in [5.41, 5.74) is 9.53. The van der Waals surface area contributed by atoms with Gasteiger partial charge in [0.2, 0.25) is 0 Å². The van der Waals surface area contributed by atoms with Crippen LogP contribution in [0, 0.1) is 5.92 Å². The average molecular weight is 283 g/mol. The molecule has 3 nitrogen and oxygen atoms in total. The zero-order valence-electron chi connectivity index (χ0n) is 12.2. The lowest BCUT2D eigenvalue weighted by Crippen LogP contribution is -2.28. The Kier molecular flexibility index (Phi) is 5.12. The largest absolute Gasteiger partial charge is 0.481 e. The first-order chi connectivity index (χ1) is 10.1. The molecule has 0 aromatic heterocycles. The number of carboxylic acids is 1. The maximum Gasteiger partial charge on any atom is 0.306 e. The van der Waals surface area contributed by atoms with Gasteiger partial charge in [0.1, 0.15) is 0 Å². The van der Waals surface area contributed by atoms with E-state index in [9.17, 15) is 4.79 Å². The van der Waals surface area contributed by atoms with E-state index in [4.69, 9.17) is 10.8 Å². The van der Waals surface area contributed by atoms with E-state index >= 15 is 0 Å². The number of rotatable bonds is 6. The quantitative estimate of drug-likeness (QED) is 0.854. The van der Waals surface area contributed by atoms with Crippen LogP contribution in [0.4, 0.5) is 0 Å². The predicted octanol–water partition coefficient (Wildman–Crippen LogP) is 3.33. The fourth-order valence-corrected chi connectivity index (χ4v) is 2.40. The second-order valence-corrected chi connectivity index (χ2v) is 5.50. The minimum atomic E-state index is -0.787. The van der Waals surface area contributed by atoms with E-state index in [1.165, 1.54) is 11.1 Å². The van der Waals surface area contributed by atoms with E-state index in [1.54, 1.807) is 6.92 Å². The van der Waals surface area contributed by atoms with Gasteiger partial charge in [-0.3, -0.25) is 4.79 Å². The number of aliphatic carboxylic acids is 1. The lowest BCUT2D eigenvalue weighted by atomic mass is 9.96. The summed E-state index contributed by atoms with van der Waals surface area (Å²) in [5, 5.41) is 8.90. The van der Waals surface area contributed by atoms with Gasteiger partial charge in [0.05, 0.1) is 5.92 Å². The number of carboxylic acid groups (broad SMARTS) is 1. The van der Waals surface area contributed by atoms with Crippen LogP contribution in [0.15, 0.2) is 54.6 Å². The molecule has 0 amide bonds. The molecule has 3 heteroatoms. The predicted molar refractivity (Wildman–Crippen MR) is 85.0 cm³/mol. The maximum atomic E-state index is 10.8. The minimum Gasteiger partial charge on any atom is -0.481 e. The van der Waals surface area contributed by atoms with Gasteiger partial charge >= 0.3 is 5.97 Å². The third kappa shape index (κ3) is 4.43. The molecule has 0 fully saturated rings. The Labute approximate surface area is 125 Å². The van der Waals surface area contributed by atoms with Gasteiger partial charge in [0.25, 0.3) is 0 Å². The lowest BCUT2D eigenvalue weighted by molar-refractivity contribution is -0.141. The topological polar surface area (TPSA) is 63.3 Å². The summed E-state index contributed by atoms with van der Waals surface area (Å²) in [6.07, 6.45) is 1.20. The molecule has 0 saturated heterocycles. The third-order valence-electron chi connectivity index (χ3n) is 3.64. The van der Waals surface area contributed by atoms with E-state index in [1.807, 2.05) is 18.2 Å². The zero-order valence-corrected chi connectivity index (χ0v) is 12.2. The van der Waals surface area contributed by atoms with Gasteiger partial charge in [-0.1, -0.05) is 61.5 Å². The SMILES string of the molecule is C[C@H](CC(N)Cc1ccc(-c2ccccc2)cc1)C(=O)O. The first kappa shape index (κ1) is 15.3. The fourth-order valence-electron chi connectivity index (χ4n) is 2.40. The third-order valence-corrected chi connectivity index (χ3v) is 3.64. The molecule has 0 spiro atoms. The summed E-state index contributed by atoms with van der Waals surface area (Å²) in [6.45, 7) is 1.70. The molecule has 0 saturated carbocycles. The molecule has 2 aromatic carbocycles. The van der Waals surface area contributed by atoms with Crippen molar-refractivity contribution in [2.45, 2.75) is 25.8 Å². The number of hydrogen-bond acceptors (Lipinski definition) is 2. The van der Waals surface area contributed by atoms with E-state index < -0.39 is 11.9 Å². The van der Waals surface area contributed by atoms with Crippen molar-refractivity contribution in [1.82, 2.24) is 0 Å². The highest BCUT2D eigenvalue weighted by atomic mass is 16.4. The van der Waals surface area contributed by atoms with Gasteiger partial charge in [-0.25, -0.2) is 0 Å². The Balaban J connectivity index is 1.98. The van der Waals surface area contributed by atoms with Crippen molar-refractivity contribution in [2.24, 2.45) is 11.7 Å². The van der Waals surface area contributed by atoms with Gasteiger partial charge in [0, 0.05) is 6.04 Å². The van der Waals surface area contributed by atoms with E-state index in [0.717, 1.165) is 5.56 Å². The van der Waals surface area contributed by atoms with Crippen LogP contribution in [0.5, 0.6) is 0 Å². The Morgan fingerprint density at radius 1 is 1.05 bits per heavy atom. The molecule has 0 heterocycles. The average Bonchev–Trinajstić information content (AvgIpc) is 2.48. The second-order valence-electron chi connectivity index (χ2n) is 5.50. The Morgan fingerprint density at radius 3 is 2.19 bits per heavy atom. The first-order valence-electron chi connectivity index (χ1n) is 7.19. The summed E-state index contributed by atoms with van der Waals surface area (Å²) >= 11 is 0. The summed E-state index contributed by atoms with van der Waals surface area (Å²) in [6, 6.07) is 18.4. The lowest BCUT2D eigenvalue weighted by Gasteiger charge is -2.14. The van der Waals surface area contributed by atoms with Crippen molar-refractivity contribution in [3.05, 3.63) is 60.2 Å².